The second kappa shape index (κ2) is 10.7. The van der Waals surface area contributed by atoms with E-state index in [-0.39, 0.29) is 11.6 Å². The molecule has 0 spiro atoms. The molecule has 1 amide bonds. The summed E-state index contributed by atoms with van der Waals surface area (Å²) in [5.74, 6) is 0.835. The van der Waals surface area contributed by atoms with E-state index in [2.05, 4.69) is 27.9 Å². The van der Waals surface area contributed by atoms with E-state index in [0.29, 0.717) is 30.3 Å². The molecule has 0 atom stereocenters. The number of ether oxygens (including phenoxy) is 2. The van der Waals surface area contributed by atoms with Crippen molar-refractivity contribution in [1.82, 2.24) is 5.32 Å². The Bertz CT molecular complexity index is 887. The standard InChI is InChI=1S/C22H23IN2O3/c1-4-27-20-12-17(10-18(13-24)22(26)25-15(2)3)11-19(23)21(20)28-14-16-8-6-5-7-9-16/h5-12,15H,4,14H2,1-3H3,(H,25,26)/b18-10-. The first-order chi connectivity index (χ1) is 13.4. The van der Waals surface area contributed by atoms with E-state index in [1.165, 1.54) is 0 Å². The van der Waals surface area contributed by atoms with Crippen LogP contribution in [-0.2, 0) is 11.4 Å². The molecule has 0 aliphatic carbocycles. The number of hydrogen-bond acceptors (Lipinski definition) is 4. The van der Waals surface area contributed by atoms with Crippen molar-refractivity contribution in [3.63, 3.8) is 0 Å². The Morgan fingerprint density at radius 2 is 1.96 bits per heavy atom. The average molecular weight is 490 g/mol. The maximum Gasteiger partial charge on any atom is 0.262 e. The zero-order valence-electron chi connectivity index (χ0n) is 16.2. The molecule has 0 saturated carbocycles. The third-order valence-corrected chi connectivity index (χ3v) is 4.45. The van der Waals surface area contributed by atoms with E-state index in [1.807, 2.05) is 63.2 Å². The van der Waals surface area contributed by atoms with Crippen LogP contribution in [0.15, 0.2) is 48.0 Å². The number of amides is 1. The smallest absolute Gasteiger partial charge is 0.262 e. The minimum absolute atomic E-state index is 0.0443. The third-order valence-electron chi connectivity index (χ3n) is 3.65. The molecule has 0 aliphatic heterocycles. The predicted octanol–water partition coefficient (Wildman–Crippen LogP) is 4.70. The molecule has 0 aromatic heterocycles. The molecule has 146 valence electrons. The lowest BCUT2D eigenvalue weighted by atomic mass is 10.1. The number of halogens is 1. The van der Waals surface area contributed by atoms with Crippen LogP contribution in [0.2, 0.25) is 0 Å². The summed E-state index contributed by atoms with van der Waals surface area (Å²) in [5, 5.41) is 12.1. The van der Waals surface area contributed by atoms with Gasteiger partial charge in [-0.25, -0.2) is 0 Å². The summed E-state index contributed by atoms with van der Waals surface area (Å²) < 4.78 is 12.6. The molecule has 6 heteroatoms. The summed E-state index contributed by atoms with van der Waals surface area (Å²) in [6.07, 6.45) is 1.56. The molecule has 28 heavy (non-hydrogen) atoms. The number of carbonyl (C=O) groups is 1. The van der Waals surface area contributed by atoms with Gasteiger partial charge in [-0.2, -0.15) is 5.26 Å². The lowest BCUT2D eigenvalue weighted by Gasteiger charge is -2.15. The van der Waals surface area contributed by atoms with E-state index >= 15 is 0 Å². The maximum absolute atomic E-state index is 12.2. The molecule has 0 bridgehead atoms. The molecule has 0 heterocycles. The Balaban J connectivity index is 2.31. The molecule has 1 N–H and O–H groups in total. The molecule has 0 radical (unpaired) electrons. The maximum atomic E-state index is 12.2. The molecule has 2 rings (SSSR count). The molecule has 0 unspecified atom stereocenters. The van der Waals surface area contributed by atoms with Crippen LogP contribution in [0.25, 0.3) is 6.08 Å². The molecule has 0 fully saturated rings. The van der Waals surface area contributed by atoms with Crippen molar-refractivity contribution in [2.75, 3.05) is 6.61 Å². The number of nitrogens with one attached hydrogen (secondary N) is 1. The fraction of sp³-hybridized carbons (Fsp3) is 0.273. The van der Waals surface area contributed by atoms with Crippen LogP contribution in [0.3, 0.4) is 0 Å². The first-order valence-electron chi connectivity index (χ1n) is 9.00. The lowest BCUT2D eigenvalue weighted by Crippen LogP contribution is -2.30. The van der Waals surface area contributed by atoms with Gasteiger partial charge in [0.25, 0.3) is 5.91 Å². The lowest BCUT2D eigenvalue weighted by molar-refractivity contribution is -0.117. The molecule has 5 nitrogen and oxygen atoms in total. The number of nitrogens with zero attached hydrogens (tertiary/aromatic N) is 1. The Morgan fingerprint density at radius 3 is 2.57 bits per heavy atom. The van der Waals surface area contributed by atoms with Crippen LogP contribution >= 0.6 is 22.6 Å². The van der Waals surface area contributed by atoms with Crippen LogP contribution in [0, 0.1) is 14.9 Å². The first-order valence-corrected chi connectivity index (χ1v) is 10.1. The highest BCUT2D eigenvalue weighted by Crippen LogP contribution is 2.35. The quantitative estimate of drug-likeness (QED) is 0.331. The summed E-state index contributed by atoms with van der Waals surface area (Å²) in [6, 6.07) is 15.5. The van der Waals surface area contributed by atoms with Gasteiger partial charge in [0.1, 0.15) is 18.2 Å². The van der Waals surface area contributed by atoms with Gasteiger partial charge >= 0.3 is 0 Å². The van der Waals surface area contributed by atoms with Crippen LogP contribution < -0.4 is 14.8 Å². The van der Waals surface area contributed by atoms with Crippen molar-refractivity contribution >= 4 is 34.6 Å². The Morgan fingerprint density at radius 1 is 1.25 bits per heavy atom. The topological polar surface area (TPSA) is 71.3 Å². The zero-order valence-corrected chi connectivity index (χ0v) is 18.3. The van der Waals surface area contributed by atoms with Gasteiger partial charge in [0, 0.05) is 6.04 Å². The van der Waals surface area contributed by atoms with Gasteiger partial charge in [0.2, 0.25) is 0 Å². The van der Waals surface area contributed by atoms with Crippen LogP contribution in [0.4, 0.5) is 0 Å². The van der Waals surface area contributed by atoms with Gasteiger partial charge in [-0.15, -0.1) is 0 Å². The summed E-state index contributed by atoms with van der Waals surface area (Å²) in [5.41, 5.74) is 1.81. The fourth-order valence-corrected chi connectivity index (χ4v) is 3.24. The predicted molar refractivity (Wildman–Crippen MR) is 118 cm³/mol. The first kappa shape index (κ1) is 21.8. The SMILES string of the molecule is CCOc1cc(/C=C(/C#N)C(=O)NC(C)C)cc(I)c1OCc1ccccc1. The number of nitriles is 1. The summed E-state index contributed by atoms with van der Waals surface area (Å²) in [4.78, 5) is 12.2. The number of rotatable bonds is 8. The highest BCUT2D eigenvalue weighted by atomic mass is 127. The summed E-state index contributed by atoms with van der Waals surface area (Å²) in [7, 11) is 0. The van der Waals surface area contributed by atoms with Crippen molar-refractivity contribution in [3.8, 4) is 17.6 Å². The minimum Gasteiger partial charge on any atom is -0.490 e. The van der Waals surface area contributed by atoms with E-state index < -0.39 is 5.91 Å². The van der Waals surface area contributed by atoms with Gasteiger partial charge in [-0.3, -0.25) is 4.79 Å². The van der Waals surface area contributed by atoms with Crippen molar-refractivity contribution in [1.29, 1.82) is 5.26 Å². The minimum atomic E-state index is -0.394. The van der Waals surface area contributed by atoms with Crippen molar-refractivity contribution in [2.24, 2.45) is 0 Å². The van der Waals surface area contributed by atoms with E-state index in [0.717, 1.165) is 9.13 Å². The van der Waals surface area contributed by atoms with E-state index in [1.54, 1.807) is 12.1 Å². The monoisotopic (exact) mass is 490 g/mol. The Kier molecular flexibility index (Phi) is 8.33. The largest absolute Gasteiger partial charge is 0.490 e. The zero-order chi connectivity index (χ0) is 20.5. The van der Waals surface area contributed by atoms with Gasteiger partial charge in [-0.1, -0.05) is 30.3 Å². The van der Waals surface area contributed by atoms with Gasteiger partial charge < -0.3 is 14.8 Å². The molecule has 0 aliphatic rings. The van der Waals surface area contributed by atoms with Crippen LogP contribution in [-0.4, -0.2) is 18.6 Å². The van der Waals surface area contributed by atoms with Crippen molar-refractivity contribution < 1.29 is 14.3 Å². The number of carbonyl (C=O) groups excluding carboxylic acids is 1. The van der Waals surface area contributed by atoms with E-state index in [4.69, 9.17) is 9.47 Å². The molecule has 2 aromatic carbocycles. The highest BCUT2D eigenvalue weighted by molar-refractivity contribution is 14.1. The molecular weight excluding hydrogens is 467 g/mol. The van der Waals surface area contributed by atoms with Crippen molar-refractivity contribution in [3.05, 3.63) is 62.7 Å². The van der Waals surface area contributed by atoms with Gasteiger partial charge in [0.05, 0.1) is 10.2 Å². The third kappa shape index (κ3) is 6.27. The Hall–Kier alpha value is -2.53. The van der Waals surface area contributed by atoms with Crippen LogP contribution in [0.1, 0.15) is 31.9 Å². The Labute approximate surface area is 179 Å². The van der Waals surface area contributed by atoms with Crippen LogP contribution in [0.5, 0.6) is 11.5 Å². The van der Waals surface area contributed by atoms with Crippen molar-refractivity contribution in [2.45, 2.75) is 33.4 Å². The second-order valence-corrected chi connectivity index (χ2v) is 7.50. The summed E-state index contributed by atoms with van der Waals surface area (Å²) in [6.45, 7) is 6.49. The molecule has 2 aromatic rings. The van der Waals surface area contributed by atoms with E-state index in [9.17, 15) is 10.1 Å². The highest BCUT2D eigenvalue weighted by Gasteiger charge is 2.15. The summed E-state index contributed by atoms with van der Waals surface area (Å²) >= 11 is 2.17. The molecule has 0 saturated heterocycles. The number of hydrogen-bond donors (Lipinski definition) is 1. The molecular formula is C22H23IN2O3. The normalized spacial score (nSPS) is 11.1. The average Bonchev–Trinajstić information content (AvgIpc) is 2.66. The van der Waals surface area contributed by atoms with Gasteiger partial charge in [-0.05, 0) is 72.7 Å². The number of benzene rings is 2. The second-order valence-electron chi connectivity index (χ2n) is 6.34. The fourth-order valence-electron chi connectivity index (χ4n) is 2.46. The van der Waals surface area contributed by atoms with Gasteiger partial charge in [0.15, 0.2) is 11.5 Å².